The van der Waals surface area contributed by atoms with E-state index in [1.54, 1.807) is 0 Å². The average molecular weight is 303 g/mol. The summed E-state index contributed by atoms with van der Waals surface area (Å²) in [6, 6.07) is 28.8. The fourth-order valence-electron chi connectivity index (χ4n) is 2.61. The van der Waals surface area contributed by atoms with Gasteiger partial charge in [-0.3, -0.25) is 0 Å². The molecule has 4 N–H and O–H groups in total. The number of benzene rings is 3. The largest absolute Gasteiger partial charge is 0.329 e. The number of nitrogens with two attached hydrogens (primary N) is 2. The van der Waals surface area contributed by atoms with Crippen molar-refractivity contribution in [1.82, 2.24) is 0 Å². The third-order valence-corrected chi connectivity index (χ3v) is 3.86. The summed E-state index contributed by atoms with van der Waals surface area (Å²) >= 11 is 0. The highest BCUT2D eigenvalue weighted by atomic mass is 15.1. The van der Waals surface area contributed by atoms with Crippen molar-refractivity contribution in [3.8, 4) is 0 Å². The van der Waals surface area contributed by atoms with Crippen molar-refractivity contribution in [2.24, 2.45) is 11.5 Å². The Morgan fingerprint density at radius 2 is 1.09 bits per heavy atom. The number of para-hydroxylation sites is 2. The van der Waals surface area contributed by atoms with Crippen molar-refractivity contribution in [2.45, 2.75) is 6.04 Å². The molecule has 0 aromatic heterocycles. The summed E-state index contributed by atoms with van der Waals surface area (Å²) in [4.78, 5) is 2.22. The molecule has 0 saturated heterocycles. The van der Waals surface area contributed by atoms with Gasteiger partial charge in [0.2, 0.25) is 0 Å². The van der Waals surface area contributed by atoms with Crippen LogP contribution in [0, 0.1) is 0 Å². The molecule has 0 saturated carbocycles. The fourth-order valence-corrected chi connectivity index (χ4v) is 2.61. The molecule has 0 bridgehead atoms. The van der Waals surface area contributed by atoms with E-state index in [0.717, 1.165) is 22.6 Å². The molecule has 1 atom stereocenters. The molecule has 0 radical (unpaired) electrons. The molecule has 23 heavy (non-hydrogen) atoms. The zero-order valence-corrected chi connectivity index (χ0v) is 13.0. The first-order valence-electron chi connectivity index (χ1n) is 7.75. The lowest BCUT2D eigenvalue weighted by Gasteiger charge is -2.25. The van der Waals surface area contributed by atoms with Gasteiger partial charge in [-0.25, -0.2) is 0 Å². The average Bonchev–Trinajstić information content (AvgIpc) is 2.64. The van der Waals surface area contributed by atoms with E-state index >= 15 is 0 Å². The molecular weight excluding hydrogens is 282 g/mol. The molecule has 0 aliphatic carbocycles. The summed E-state index contributed by atoms with van der Waals surface area (Å²) in [5.74, 6) is 0. The quantitative estimate of drug-likeness (QED) is 0.745. The topological polar surface area (TPSA) is 55.3 Å². The Morgan fingerprint density at radius 1 is 0.652 bits per heavy atom. The Balaban J connectivity index is 2.02. The number of hydrogen-bond acceptors (Lipinski definition) is 3. The van der Waals surface area contributed by atoms with Crippen LogP contribution in [0.5, 0.6) is 0 Å². The van der Waals surface area contributed by atoms with Gasteiger partial charge in [0.15, 0.2) is 0 Å². The predicted molar refractivity (Wildman–Crippen MR) is 97.1 cm³/mol. The smallest absolute Gasteiger partial charge is 0.0461 e. The van der Waals surface area contributed by atoms with Gasteiger partial charge >= 0.3 is 0 Å². The highest BCUT2D eigenvalue weighted by Gasteiger charge is 2.12. The molecule has 0 aliphatic heterocycles. The van der Waals surface area contributed by atoms with Crippen molar-refractivity contribution in [3.63, 3.8) is 0 Å². The standard InChI is InChI=1S/C20H21N3/c21-15-20(22)16-11-13-19(14-12-16)23(17-7-3-1-4-8-17)18-9-5-2-6-10-18/h1-14,20H,15,21-22H2. The molecule has 0 aliphatic rings. The summed E-state index contributed by atoms with van der Waals surface area (Å²) in [6.07, 6.45) is 0. The van der Waals surface area contributed by atoms with Crippen molar-refractivity contribution in [1.29, 1.82) is 0 Å². The van der Waals surface area contributed by atoms with Gasteiger partial charge < -0.3 is 16.4 Å². The van der Waals surface area contributed by atoms with Crippen LogP contribution in [0.1, 0.15) is 11.6 Å². The van der Waals surface area contributed by atoms with E-state index in [4.69, 9.17) is 11.5 Å². The number of rotatable bonds is 5. The SMILES string of the molecule is NCC(N)c1ccc(N(c2ccccc2)c2ccccc2)cc1. The lowest BCUT2D eigenvalue weighted by atomic mass is 10.1. The summed E-state index contributed by atoms with van der Waals surface area (Å²) in [5.41, 5.74) is 16.0. The molecule has 3 nitrogen and oxygen atoms in total. The second kappa shape index (κ2) is 7.09. The molecule has 0 spiro atoms. The lowest BCUT2D eigenvalue weighted by Crippen LogP contribution is -2.20. The Hall–Kier alpha value is -2.62. The minimum atomic E-state index is -0.119. The number of hydrogen-bond donors (Lipinski definition) is 2. The highest BCUT2D eigenvalue weighted by molar-refractivity contribution is 5.76. The molecule has 3 rings (SSSR count). The molecule has 3 aromatic carbocycles. The molecule has 0 amide bonds. The van der Waals surface area contributed by atoms with E-state index in [0.29, 0.717) is 6.54 Å². The maximum Gasteiger partial charge on any atom is 0.0461 e. The third-order valence-electron chi connectivity index (χ3n) is 3.86. The van der Waals surface area contributed by atoms with E-state index in [9.17, 15) is 0 Å². The summed E-state index contributed by atoms with van der Waals surface area (Å²) < 4.78 is 0. The first-order chi connectivity index (χ1) is 11.3. The molecule has 0 heterocycles. The maximum atomic E-state index is 6.00. The van der Waals surface area contributed by atoms with Crippen LogP contribution in [0.3, 0.4) is 0 Å². The number of anilines is 3. The Bertz CT molecular complexity index is 684. The fraction of sp³-hybridized carbons (Fsp3) is 0.100. The summed E-state index contributed by atoms with van der Waals surface area (Å²) in [7, 11) is 0. The van der Waals surface area contributed by atoms with Crippen molar-refractivity contribution < 1.29 is 0 Å². The summed E-state index contributed by atoms with van der Waals surface area (Å²) in [6.45, 7) is 0.445. The summed E-state index contributed by atoms with van der Waals surface area (Å²) in [5, 5.41) is 0. The highest BCUT2D eigenvalue weighted by Crippen LogP contribution is 2.34. The lowest BCUT2D eigenvalue weighted by molar-refractivity contribution is 0.737. The van der Waals surface area contributed by atoms with E-state index in [1.165, 1.54) is 0 Å². The van der Waals surface area contributed by atoms with Gasteiger partial charge in [-0.2, -0.15) is 0 Å². The van der Waals surface area contributed by atoms with Crippen LogP contribution in [-0.2, 0) is 0 Å². The van der Waals surface area contributed by atoms with Gasteiger partial charge in [-0.15, -0.1) is 0 Å². The van der Waals surface area contributed by atoms with Crippen molar-refractivity contribution >= 4 is 17.1 Å². The van der Waals surface area contributed by atoms with Crippen LogP contribution >= 0.6 is 0 Å². The monoisotopic (exact) mass is 303 g/mol. The zero-order chi connectivity index (χ0) is 16.1. The van der Waals surface area contributed by atoms with Gasteiger partial charge in [0, 0.05) is 29.6 Å². The molecule has 3 heteroatoms. The Morgan fingerprint density at radius 3 is 1.52 bits per heavy atom. The molecule has 0 fully saturated rings. The van der Waals surface area contributed by atoms with Crippen LogP contribution in [0.15, 0.2) is 84.9 Å². The first kappa shape index (κ1) is 15.3. The number of nitrogens with zero attached hydrogens (tertiary/aromatic N) is 1. The Labute approximate surface area is 137 Å². The van der Waals surface area contributed by atoms with E-state index in [2.05, 4.69) is 41.3 Å². The normalized spacial score (nSPS) is 11.9. The van der Waals surface area contributed by atoms with Gasteiger partial charge in [0.05, 0.1) is 0 Å². The second-order valence-electron chi connectivity index (χ2n) is 5.44. The third kappa shape index (κ3) is 3.42. The Kier molecular flexibility index (Phi) is 4.71. The molecule has 116 valence electrons. The van der Waals surface area contributed by atoms with Crippen LogP contribution in [-0.4, -0.2) is 6.54 Å². The molecular formula is C20H21N3. The van der Waals surface area contributed by atoms with E-state index < -0.39 is 0 Å². The second-order valence-corrected chi connectivity index (χ2v) is 5.44. The van der Waals surface area contributed by atoms with Crippen molar-refractivity contribution in [2.75, 3.05) is 11.4 Å². The predicted octanol–water partition coefficient (Wildman–Crippen LogP) is 4.11. The molecule has 1 unspecified atom stereocenters. The first-order valence-corrected chi connectivity index (χ1v) is 7.75. The van der Waals surface area contributed by atoms with Gasteiger partial charge in [0.1, 0.15) is 0 Å². The van der Waals surface area contributed by atoms with Gasteiger partial charge in [0.25, 0.3) is 0 Å². The van der Waals surface area contributed by atoms with Gasteiger partial charge in [-0.1, -0.05) is 48.5 Å². The zero-order valence-electron chi connectivity index (χ0n) is 13.0. The van der Waals surface area contributed by atoms with Crippen LogP contribution < -0.4 is 16.4 Å². The van der Waals surface area contributed by atoms with Crippen LogP contribution in [0.2, 0.25) is 0 Å². The minimum Gasteiger partial charge on any atom is -0.329 e. The van der Waals surface area contributed by atoms with Crippen LogP contribution in [0.25, 0.3) is 0 Å². The van der Waals surface area contributed by atoms with E-state index in [-0.39, 0.29) is 6.04 Å². The van der Waals surface area contributed by atoms with Crippen molar-refractivity contribution in [3.05, 3.63) is 90.5 Å². The van der Waals surface area contributed by atoms with Gasteiger partial charge in [-0.05, 0) is 42.0 Å². The maximum absolute atomic E-state index is 6.00. The minimum absolute atomic E-state index is 0.119. The molecule has 3 aromatic rings. The van der Waals surface area contributed by atoms with Crippen LogP contribution in [0.4, 0.5) is 17.1 Å². The van der Waals surface area contributed by atoms with E-state index in [1.807, 2.05) is 48.5 Å².